The van der Waals surface area contributed by atoms with Gasteiger partial charge in [-0.3, -0.25) is 0 Å². The number of para-hydroxylation sites is 4. The fourth-order valence-corrected chi connectivity index (χ4v) is 9.62. The van der Waals surface area contributed by atoms with Crippen LogP contribution < -0.4 is 9.80 Å². The third-order valence-corrected chi connectivity index (χ3v) is 12.2. The average molecular weight is 637 g/mol. The number of hydrogen-bond acceptors (Lipinski definition) is 2. The molecular formula is C47H44N2. The number of anilines is 4. The molecule has 3 aliphatic rings. The summed E-state index contributed by atoms with van der Waals surface area (Å²) >= 11 is 0. The van der Waals surface area contributed by atoms with Crippen molar-refractivity contribution >= 4 is 22.7 Å². The first-order chi connectivity index (χ1) is 23.9. The second-order valence-electron chi connectivity index (χ2n) is 14.9. The smallest absolute Gasteiger partial charge is 0.0743 e. The van der Waals surface area contributed by atoms with Crippen LogP contribution in [0.1, 0.15) is 73.9 Å². The molecule has 0 saturated carbocycles. The van der Waals surface area contributed by atoms with E-state index in [-0.39, 0.29) is 16.5 Å². The zero-order valence-electron chi connectivity index (χ0n) is 29.1. The van der Waals surface area contributed by atoms with E-state index in [9.17, 15) is 0 Å². The first kappa shape index (κ1) is 30.0. The molecule has 0 amide bonds. The molecular weight excluding hydrogens is 593 g/mol. The fourth-order valence-electron chi connectivity index (χ4n) is 9.62. The highest BCUT2D eigenvalue weighted by atomic mass is 15.2. The van der Waals surface area contributed by atoms with Gasteiger partial charge >= 0.3 is 0 Å². The van der Waals surface area contributed by atoms with Crippen LogP contribution in [-0.2, 0) is 29.3 Å². The van der Waals surface area contributed by atoms with Gasteiger partial charge in [0.05, 0.1) is 11.1 Å². The lowest BCUT2D eigenvalue weighted by Gasteiger charge is -2.53. The maximum absolute atomic E-state index is 2.61. The van der Waals surface area contributed by atoms with Crippen molar-refractivity contribution < 1.29 is 0 Å². The van der Waals surface area contributed by atoms with E-state index in [1.807, 2.05) is 0 Å². The Bertz CT molecular complexity index is 1940. The zero-order valence-corrected chi connectivity index (χ0v) is 29.1. The van der Waals surface area contributed by atoms with Crippen LogP contribution in [0.25, 0.3) is 11.1 Å². The molecule has 49 heavy (non-hydrogen) atoms. The van der Waals surface area contributed by atoms with Gasteiger partial charge < -0.3 is 9.80 Å². The van der Waals surface area contributed by atoms with Gasteiger partial charge in [0.1, 0.15) is 0 Å². The first-order valence-corrected chi connectivity index (χ1v) is 18.1. The van der Waals surface area contributed by atoms with E-state index in [0.29, 0.717) is 0 Å². The molecule has 9 rings (SSSR count). The molecule has 0 radical (unpaired) electrons. The van der Waals surface area contributed by atoms with Crippen molar-refractivity contribution in [2.75, 3.05) is 9.80 Å². The molecule has 0 aromatic heterocycles. The monoisotopic (exact) mass is 636 g/mol. The highest BCUT2D eigenvalue weighted by molar-refractivity contribution is 5.86. The van der Waals surface area contributed by atoms with Gasteiger partial charge in [0.25, 0.3) is 0 Å². The van der Waals surface area contributed by atoms with Crippen LogP contribution in [-0.4, -0.2) is 0 Å². The SMILES string of the molecule is CCC1(N(c2ccccc2)c2ccccc2)Cc2cc3c(cc21)C(C)(C)c1cc2c(cc1-3)CC2(CC)N(c1ccccc1)c1ccccc1. The third-order valence-electron chi connectivity index (χ3n) is 12.2. The van der Waals surface area contributed by atoms with E-state index in [4.69, 9.17) is 0 Å². The summed E-state index contributed by atoms with van der Waals surface area (Å²) in [5.41, 5.74) is 16.5. The van der Waals surface area contributed by atoms with Crippen LogP contribution in [0.2, 0.25) is 0 Å². The number of benzene rings is 6. The van der Waals surface area contributed by atoms with Gasteiger partial charge in [0.2, 0.25) is 0 Å². The normalized spacial score (nSPS) is 20.6. The molecule has 2 unspecified atom stereocenters. The van der Waals surface area contributed by atoms with E-state index in [0.717, 1.165) is 25.7 Å². The summed E-state index contributed by atoms with van der Waals surface area (Å²) < 4.78 is 0. The molecule has 6 aromatic carbocycles. The minimum Gasteiger partial charge on any atom is -0.331 e. The molecule has 2 nitrogen and oxygen atoms in total. The summed E-state index contributed by atoms with van der Waals surface area (Å²) in [5, 5.41) is 0. The van der Waals surface area contributed by atoms with Crippen molar-refractivity contribution in [1.29, 1.82) is 0 Å². The standard InChI is InChI=1S/C47H44N2/c1-5-46(48(35-19-11-7-12-20-35)36-21-13-8-14-22-36)31-33-27-39-40-28-34-32-47(6-2,42(34)30-44(40)45(3,4)43(39)29-41(33)46)49(37-23-15-9-16-24-37)38-25-17-10-18-26-38/h7-30H,5-6,31-32H2,1-4H3. The second-order valence-corrected chi connectivity index (χ2v) is 14.9. The fraction of sp³-hybridized carbons (Fsp3) is 0.234. The highest BCUT2D eigenvalue weighted by Gasteiger charge is 2.52. The summed E-state index contributed by atoms with van der Waals surface area (Å²) in [5.74, 6) is 0. The summed E-state index contributed by atoms with van der Waals surface area (Å²) in [6, 6.07) is 54.2. The predicted molar refractivity (Wildman–Crippen MR) is 205 cm³/mol. The van der Waals surface area contributed by atoms with Crippen molar-refractivity contribution in [1.82, 2.24) is 0 Å². The first-order valence-electron chi connectivity index (χ1n) is 18.1. The van der Waals surface area contributed by atoms with E-state index >= 15 is 0 Å². The average Bonchev–Trinajstić information content (AvgIpc) is 3.34. The van der Waals surface area contributed by atoms with E-state index in [1.54, 1.807) is 0 Å². The summed E-state index contributed by atoms with van der Waals surface area (Å²) in [6.07, 6.45) is 4.16. The van der Waals surface area contributed by atoms with Crippen LogP contribution in [0.15, 0.2) is 146 Å². The molecule has 6 aromatic rings. The Morgan fingerprint density at radius 2 is 0.735 bits per heavy atom. The Kier molecular flexibility index (Phi) is 6.72. The number of hydrogen-bond donors (Lipinski definition) is 0. The Morgan fingerprint density at radius 1 is 0.429 bits per heavy atom. The lowest BCUT2D eigenvalue weighted by molar-refractivity contribution is 0.362. The highest BCUT2D eigenvalue weighted by Crippen LogP contribution is 2.60. The lowest BCUT2D eigenvalue weighted by Crippen LogP contribution is -2.51. The molecule has 0 heterocycles. The number of nitrogens with zero attached hydrogens (tertiary/aromatic N) is 2. The molecule has 0 fully saturated rings. The zero-order chi connectivity index (χ0) is 33.4. The molecule has 0 aliphatic heterocycles. The molecule has 242 valence electrons. The molecule has 0 saturated heterocycles. The van der Waals surface area contributed by atoms with Gasteiger partial charge in [-0.25, -0.2) is 0 Å². The van der Waals surface area contributed by atoms with Crippen LogP contribution in [0, 0.1) is 0 Å². The van der Waals surface area contributed by atoms with Gasteiger partial charge in [0.15, 0.2) is 0 Å². The van der Waals surface area contributed by atoms with Gasteiger partial charge in [-0.15, -0.1) is 0 Å². The minimum absolute atomic E-state index is 0.0918. The van der Waals surface area contributed by atoms with E-state index in [1.165, 1.54) is 67.3 Å². The summed E-state index contributed by atoms with van der Waals surface area (Å²) in [4.78, 5) is 5.22. The second kappa shape index (κ2) is 11.0. The van der Waals surface area contributed by atoms with Crippen molar-refractivity contribution in [3.63, 3.8) is 0 Å². The van der Waals surface area contributed by atoms with Crippen LogP contribution in [0.3, 0.4) is 0 Å². The van der Waals surface area contributed by atoms with Gasteiger partial charge in [0, 0.05) is 41.0 Å². The quantitative estimate of drug-likeness (QED) is 0.164. The number of fused-ring (bicyclic) bond motifs is 5. The molecule has 3 aliphatic carbocycles. The molecule has 2 atom stereocenters. The largest absolute Gasteiger partial charge is 0.331 e. The molecule has 2 heteroatoms. The Hall–Kier alpha value is -5.08. The Labute approximate surface area is 291 Å². The summed E-state index contributed by atoms with van der Waals surface area (Å²) in [7, 11) is 0. The number of rotatable bonds is 8. The predicted octanol–water partition coefficient (Wildman–Crippen LogP) is 12.0. The van der Waals surface area contributed by atoms with Crippen molar-refractivity contribution in [3.05, 3.63) is 179 Å². The third kappa shape index (κ3) is 4.19. The lowest BCUT2D eigenvalue weighted by atomic mass is 9.65. The van der Waals surface area contributed by atoms with Crippen molar-refractivity contribution in [3.8, 4) is 11.1 Å². The Balaban J connectivity index is 1.16. The van der Waals surface area contributed by atoms with E-state index < -0.39 is 0 Å². The van der Waals surface area contributed by atoms with Gasteiger partial charge in [-0.2, -0.15) is 0 Å². The Morgan fingerprint density at radius 3 is 1.02 bits per heavy atom. The molecule has 0 N–H and O–H groups in total. The van der Waals surface area contributed by atoms with Crippen molar-refractivity contribution in [2.45, 2.75) is 69.9 Å². The van der Waals surface area contributed by atoms with Crippen LogP contribution in [0.5, 0.6) is 0 Å². The molecule has 0 spiro atoms. The van der Waals surface area contributed by atoms with E-state index in [2.05, 4.69) is 183 Å². The summed E-state index contributed by atoms with van der Waals surface area (Å²) in [6.45, 7) is 9.64. The maximum Gasteiger partial charge on any atom is 0.0743 e. The van der Waals surface area contributed by atoms with Crippen molar-refractivity contribution in [2.24, 2.45) is 0 Å². The maximum atomic E-state index is 2.61. The minimum atomic E-state index is -0.104. The topological polar surface area (TPSA) is 6.48 Å². The van der Waals surface area contributed by atoms with Crippen LogP contribution >= 0.6 is 0 Å². The van der Waals surface area contributed by atoms with Gasteiger partial charge in [-0.1, -0.05) is 125 Å². The van der Waals surface area contributed by atoms with Crippen LogP contribution in [0.4, 0.5) is 22.7 Å². The van der Waals surface area contributed by atoms with Gasteiger partial charge in [-0.05, 0) is 106 Å². The molecule has 0 bridgehead atoms.